The molecular weight excluding hydrogens is 328 g/mol. The van der Waals surface area contributed by atoms with E-state index in [2.05, 4.69) is 22.9 Å². The third kappa shape index (κ3) is 4.27. The molecule has 2 N–H and O–H groups in total. The molecule has 0 saturated heterocycles. The van der Waals surface area contributed by atoms with Crippen LogP contribution in [0.4, 0.5) is 0 Å². The molecule has 19 heavy (non-hydrogen) atoms. The van der Waals surface area contributed by atoms with Crippen molar-refractivity contribution in [1.29, 1.82) is 0 Å². The molecule has 0 radical (unpaired) electrons. The van der Waals surface area contributed by atoms with Crippen molar-refractivity contribution in [3.63, 3.8) is 0 Å². The van der Waals surface area contributed by atoms with Gasteiger partial charge in [0.2, 0.25) is 10.0 Å². The normalized spacial score (nSPS) is 12.1. The van der Waals surface area contributed by atoms with Gasteiger partial charge in [0.1, 0.15) is 0 Å². The highest BCUT2D eigenvalue weighted by Gasteiger charge is 2.22. The quantitative estimate of drug-likeness (QED) is 0.770. The summed E-state index contributed by atoms with van der Waals surface area (Å²) < 4.78 is 26.8. The molecule has 4 nitrogen and oxygen atoms in total. The van der Waals surface area contributed by atoms with Gasteiger partial charge in [0.05, 0.1) is 4.90 Å². The Balaban J connectivity index is 2.93. The van der Waals surface area contributed by atoms with Gasteiger partial charge in [0, 0.05) is 24.6 Å². The van der Waals surface area contributed by atoms with Gasteiger partial charge in [-0.25, -0.2) is 12.7 Å². The largest absolute Gasteiger partial charge is 0.326 e. The van der Waals surface area contributed by atoms with Crippen molar-refractivity contribution in [2.24, 2.45) is 5.73 Å². The first kappa shape index (κ1) is 16.6. The summed E-state index contributed by atoms with van der Waals surface area (Å²) in [5.41, 5.74) is 6.44. The van der Waals surface area contributed by atoms with E-state index in [4.69, 9.17) is 5.73 Å². The van der Waals surface area contributed by atoms with E-state index >= 15 is 0 Å². The van der Waals surface area contributed by atoms with E-state index in [0.29, 0.717) is 22.5 Å². The predicted octanol–water partition coefficient (Wildman–Crippen LogP) is 2.72. The van der Waals surface area contributed by atoms with Crippen LogP contribution in [0.25, 0.3) is 0 Å². The minimum absolute atomic E-state index is 0.295. The average molecular weight is 349 g/mol. The lowest BCUT2D eigenvalue weighted by Crippen LogP contribution is -2.28. The predicted molar refractivity (Wildman–Crippen MR) is 81.4 cm³/mol. The molecule has 0 spiro atoms. The van der Waals surface area contributed by atoms with Gasteiger partial charge in [-0.2, -0.15) is 0 Å². The van der Waals surface area contributed by atoms with E-state index in [1.165, 1.54) is 4.31 Å². The Kier molecular flexibility index (Phi) is 6.46. The lowest BCUT2D eigenvalue weighted by molar-refractivity contribution is 0.454. The second kappa shape index (κ2) is 7.38. The second-order valence-corrected chi connectivity index (χ2v) is 7.37. The molecule has 0 unspecified atom stereocenters. The van der Waals surface area contributed by atoms with Gasteiger partial charge in [0.25, 0.3) is 0 Å². The highest BCUT2D eigenvalue weighted by atomic mass is 79.9. The highest BCUT2D eigenvalue weighted by molar-refractivity contribution is 9.10. The monoisotopic (exact) mass is 348 g/mol. The van der Waals surface area contributed by atoms with Gasteiger partial charge in [-0.15, -0.1) is 0 Å². The van der Waals surface area contributed by atoms with E-state index in [9.17, 15) is 8.42 Å². The van der Waals surface area contributed by atoms with E-state index in [0.717, 1.165) is 24.8 Å². The number of halogens is 1. The first-order valence-corrected chi connectivity index (χ1v) is 8.61. The molecule has 0 aliphatic carbocycles. The van der Waals surface area contributed by atoms with Gasteiger partial charge < -0.3 is 5.73 Å². The van der Waals surface area contributed by atoms with Gasteiger partial charge in [-0.3, -0.25) is 0 Å². The summed E-state index contributed by atoms with van der Waals surface area (Å²) in [6.07, 6.45) is 2.99. The first-order chi connectivity index (χ1) is 8.93. The zero-order chi connectivity index (χ0) is 14.5. The second-order valence-electron chi connectivity index (χ2n) is 4.50. The summed E-state index contributed by atoms with van der Waals surface area (Å²) in [5.74, 6) is 0. The molecule has 0 atom stereocenters. The third-order valence-electron chi connectivity index (χ3n) is 3.00. The van der Waals surface area contributed by atoms with Crippen LogP contribution in [0.2, 0.25) is 0 Å². The van der Waals surface area contributed by atoms with Gasteiger partial charge >= 0.3 is 0 Å². The van der Waals surface area contributed by atoms with Crippen LogP contribution in [0.5, 0.6) is 0 Å². The van der Waals surface area contributed by atoms with Gasteiger partial charge in [-0.1, -0.05) is 25.8 Å². The zero-order valence-electron chi connectivity index (χ0n) is 11.4. The molecule has 0 amide bonds. The Labute approximate surface area is 124 Å². The standard InChI is InChI=1S/C13H21BrN2O2S/c1-3-4-5-8-16(2)19(17,18)13-7-6-11(10-15)9-12(13)14/h6-7,9H,3-5,8,10,15H2,1-2H3. The molecule has 1 aromatic carbocycles. The van der Waals surface area contributed by atoms with Crippen molar-refractivity contribution in [2.45, 2.75) is 37.6 Å². The van der Waals surface area contributed by atoms with Crippen LogP contribution in [0, 0.1) is 0 Å². The van der Waals surface area contributed by atoms with Gasteiger partial charge in [-0.05, 0) is 40.0 Å². The molecule has 1 aromatic rings. The summed E-state index contributed by atoms with van der Waals surface area (Å²) >= 11 is 3.31. The summed E-state index contributed by atoms with van der Waals surface area (Å²) in [7, 11) is -1.81. The summed E-state index contributed by atoms with van der Waals surface area (Å²) in [6, 6.07) is 5.11. The molecule has 0 aliphatic heterocycles. The average Bonchev–Trinajstić information content (AvgIpc) is 2.38. The van der Waals surface area contributed by atoms with Crippen molar-refractivity contribution in [3.05, 3.63) is 28.2 Å². The molecule has 0 aliphatic rings. The topological polar surface area (TPSA) is 63.4 Å². The number of benzene rings is 1. The van der Waals surface area contributed by atoms with Crippen molar-refractivity contribution in [2.75, 3.05) is 13.6 Å². The summed E-state index contributed by atoms with van der Waals surface area (Å²) in [6.45, 7) is 3.03. The molecule has 1 rings (SSSR count). The highest BCUT2D eigenvalue weighted by Crippen LogP contribution is 2.25. The Hall–Kier alpha value is -0.430. The zero-order valence-corrected chi connectivity index (χ0v) is 13.8. The Bertz CT molecular complexity index is 517. The van der Waals surface area contributed by atoms with Crippen LogP contribution >= 0.6 is 15.9 Å². The molecule has 0 aromatic heterocycles. The SMILES string of the molecule is CCCCCN(C)S(=O)(=O)c1ccc(CN)cc1Br. The molecule has 0 fully saturated rings. The molecule has 0 heterocycles. The minimum atomic E-state index is -3.43. The Morgan fingerprint density at radius 2 is 2.00 bits per heavy atom. The fraction of sp³-hybridized carbons (Fsp3) is 0.538. The number of rotatable bonds is 7. The van der Waals surface area contributed by atoms with Crippen molar-refractivity contribution in [1.82, 2.24) is 4.31 Å². The number of sulfonamides is 1. The Morgan fingerprint density at radius 1 is 1.32 bits per heavy atom. The van der Waals surface area contributed by atoms with Crippen LogP contribution in [0.3, 0.4) is 0 Å². The molecule has 0 bridgehead atoms. The van der Waals surface area contributed by atoms with Crippen LogP contribution < -0.4 is 5.73 Å². The number of hydrogen-bond donors (Lipinski definition) is 1. The van der Waals surface area contributed by atoms with Gasteiger partial charge in [0.15, 0.2) is 0 Å². The van der Waals surface area contributed by atoms with E-state index < -0.39 is 10.0 Å². The maximum absolute atomic E-state index is 12.4. The fourth-order valence-electron chi connectivity index (χ4n) is 1.75. The maximum Gasteiger partial charge on any atom is 0.243 e. The van der Waals surface area contributed by atoms with Crippen molar-refractivity contribution < 1.29 is 8.42 Å². The molecular formula is C13H21BrN2O2S. The number of hydrogen-bond acceptors (Lipinski definition) is 3. The number of nitrogens with zero attached hydrogens (tertiary/aromatic N) is 1. The summed E-state index contributed by atoms with van der Waals surface area (Å²) in [5, 5.41) is 0. The lowest BCUT2D eigenvalue weighted by Gasteiger charge is -2.18. The third-order valence-corrected chi connectivity index (χ3v) is 5.83. The number of nitrogens with two attached hydrogens (primary N) is 1. The molecule has 6 heteroatoms. The van der Waals surface area contributed by atoms with E-state index in [1.54, 1.807) is 25.2 Å². The van der Waals surface area contributed by atoms with Crippen LogP contribution in [-0.4, -0.2) is 26.3 Å². The molecule has 0 saturated carbocycles. The summed E-state index contributed by atoms with van der Waals surface area (Å²) in [4.78, 5) is 0.295. The maximum atomic E-state index is 12.4. The number of unbranched alkanes of at least 4 members (excludes halogenated alkanes) is 2. The Morgan fingerprint density at radius 3 is 2.53 bits per heavy atom. The van der Waals surface area contributed by atoms with Crippen molar-refractivity contribution in [3.8, 4) is 0 Å². The minimum Gasteiger partial charge on any atom is -0.326 e. The van der Waals surface area contributed by atoms with E-state index in [1.807, 2.05) is 0 Å². The van der Waals surface area contributed by atoms with Crippen molar-refractivity contribution >= 4 is 26.0 Å². The van der Waals surface area contributed by atoms with E-state index in [-0.39, 0.29) is 0 Å². The van der Waals surface area contributed by atoms with Crippen LogP contribution in [0.1, 0.15) is 31.7 Å². The first-order valence-electron chi connectivity index (χ1n) is 6.38. The van der Waals surface area contributed by atoms with Crippen LogP contribution in [-0.2, 0) is 16.6 Å². The molecule has 108 valence electrons. The lowest BCUT2D eigenvalue weighted by atomic mass is 10.2. The fourth-order valence-corrected chi connectivity index (χ4v) is 4.04. The smallest absolute Gasteiger partial charge is 0.243 e. The van der Waals surface area contributed by atoms with Crippen LogP contribution in [0.15, 0.2) is 27.6 Å².